The van der Waals surface area contributed by atoms with Gasteiger partial charge in [0.15, 0.2) is 0 Å². The van der Waals surface area contributed by atoms with Crippen LogP contribution >= 0.6 is 0 Å². The van der Waals surface area contributed by atoms with Crippen LogP contribution in [0.5, 0.6) is 5.75 Å². The lowest BCUT2D eigenvalue weighted by Gasteiger charge is -2.21. The molecule has 2 unspecified atom stereocenters. The average molecular weight is 237 g/mol. The smallest absolute Gasteiger partial charge is 0.120 e. The predicted molar refractivity (Wildman–Crippen MR) is 64.6 cm³/mol. The Balaban J connectivity index is 1.98. The molecule has 2 rings (SSSR count). The summed E-state index contributed by atoms with van der Waals surface area (Å²) in [6, 6.07) is 7.41. The highest BCUT2D eigenvalue weighted by Crippen LogP contribution is 2.30. The van der Waals surface area contributed by atoms with Gasteiger partial charge in [-0.1, -0.05) is 12.1 Å². The fourth-order valence-electron chi connectivity index (χ4n) is 2.26. The van der Waals surface area contributed by atoms with E-state index in [1.165, 1.54) is 0 Å². The van der Waals surface area contributed by atoms with Crippen LogP contribution in [0.1, 0.15) is 24.8 Å². The summed E-state index contributed by atoms with van der Waals surface area (Å²) in [5.41, 5.74) is 6.34. The molecule has 0 spiro atoms. The van der Waals surface area contributed by atoms with E-state index in [0.717, 1.165) is 24.2 Å². The van der Waals surface area contributed by atoms with E-state index in [1.807, 2.05) is 24.3 Å². The Bertz CT molecular complexity index is 383. The molecule has 1 aromatic carbocycles. The van der Waals surface area contributed by atoms with Crippen molar-refractivity contribution in [3.8, 4) is 5.75 Å². The minimum Gasteiger partial charge on any atom is -0.490 e. The van der Waals surface area contributed by atoms with Gasteiger partial charge in [-0.25, -0.2) is 0 Å². The lowest BCUT2D eigenvalue weighted by Crippen LogP contribution is -2.41. The molecule has 2 atom stereocenters. The molecule has 0 aromatic heterocycles. The van der Waals surface area contributed by atoms with Crippen LogP contribution < -0.4 is 10.5 Å². The number of hydrogen-bond acceptors (Lipinski definition) is 4. The van der Waals surface area contributed by atoms with Gasteiger partial charge in [0, 0.05) is 12.0 Å². The maximum absolute atomic E-state index is 9.18. The first-order chi connectivity index (χ1) is 8.15. The second kappa shape index (κ2) is 5.04. The van der Waals surface area contributed by atoms with Gasteiger partial charge >= 0.3 is 0 Å². The van der Waals surface area contributed by atoms with Gasteiger partial charge in [0.05, 0.1) is 13.2 Å². The first-order valence-corrected chi connectivity index (χ1v) is 5.91. The SMILES string of the molecule is NC1(CO)CCC(Oc2cccc(CO)c2)C1. The third kappa shape index (κ3) is 2.97. The van der Waals surface area contributed by atoms with Crippen molar-refractivity contribution in [2.45, 2.75) is 37.5 Å². The van der Waals surface area contributed by atoms with E-state index < -0.39 is 5.54 Å². The van der Waals surface area contributed by atoms with Crippen molar-refractivity contribution in [3.05, 3.63) is 29.8 Å². The van der Waals surface area contributed by atoms with E-state index in [9.17, 15) is 5.11 Å². The summed E-state index contributed by atoms with van der Waals surface area (Å²) in [6.07, 6.45) is 2.38. The normalized spacial score (nSPS) is 28.3. The maximum atomic E-state index is 9.18. The van der Waals surface area contributed by atoms with E-state index in [-0.39, 0.29) is 19.3 Å². The molecule has 1 aromatic rings. The lowest BCUT2D eigenvalue weighted by molar-refractivity contribution is 0.165. The van der Waals surface area contributed by atoms with Crippen molar-refractivity contribution in [1.29, 1.82) is 0 Å². The summed E-state index contributed by atoms with van der Waals surface area (Å²) in [4.78, 5) is 0. The molecular weight excluding hydrogens is 218 g/mol. The number of hydrogen-bond donors (Lipinski definition) is 3. The van der Waals surface area contributed by atoms with E-state index >= 15 is 0 Å². The third-order valence-corrected chi connectivity index (χ3v) is 3.30. The number of aliphatic hydroxyl groups excluding tert-OH is 2. The Hall–Kier alpha value is -1.10. The molecular formula is C13H19NO3. The molecule has 1 saturated carbocycles. The van der Waals surface area contributed by atoms with Gasteiger partial charge in [-0.2, -0.15) is 0 Å². The van der Waals surface area contributed by atoms with Gasteiger partial charge in [-0.15, -0.1) is 0 Å². The highest BCUT2D eigenvalue weighted by Gasteiger charge is 2.36. The van der Waals surface area contributed by atoms with E-state index in [1.54, 1.807) is 0 Å². The summed E-state index contributed by atoms with van der Waals surface area (Å²) in [7, 11) is 0. The second-order valence-corrected chi connectivity index (χ2v) is 4.81. The molecule has 17 heavy (non-hydrogen) atoms. The third-order valence-electron chi connectivity index (χ3n) is 3.30. The molecule has 94 valence electrons. The van der Waals surface area contributed by atoms with Crippen LogP contribution in [0.15, 0.2) is 24.3 Å². The van der Waals surface area contributed by atoms with Crippen LogP contribution in [0.2, 0.25) is 0 Å². The van der Waals surface area contributed by atoms with E-state index in [0.29, 0.717) is 6.42 Å². The van der Waals surface area contributed by atoms with Crippen LogP contribution in [0.25, 0.3) is 0 Å². The Kier molecular flexibility index (Phi) is 3.66. The quantitative estimate of drug-likeness (QED) is 0.724. The summed E-state index contributed by atoms with van der Waals surface area (Å²) in [5.74, 6) is 0.753. The largest absolute Gasteiger partial charge is 0.490 e. The standard InChI is InChI=1S/C13H19NO3/c14-13(9-16)5-4-12(7-13)17-11-3-1-2-10(6-11)8-15/h1-3,6,12,15-16H,4-5,7-9,14H2. The topological polar surface area (TPSA) is 75.7 Å². The number of ether oxygens (including phenoxy) is 1. The molecule has 1 fully saturated rings. The molecule has 0 amide bonds. The van der Waals surface area contributed by atoms with Crippen LogP contribution in [0, 0.1) is 0 Å². The summed E-state index contributed by atoms with van der Waals surface area (Å²) < 4.78 is 5.81. The zero-order valence-corrected chi connectivity index (χ0v) is 9.80. The average Bonchev–Trinajstić information content (AvgIpc) is 2.72. The van der Waals surface area contributed by atoms with Crippen molar-refractivity contribution < 1.29 is 14.9 Å². The first kappa shape index (κ1) is 12.4. The Labute approximate surface area is 101 Å². The molecule has 4 heteroatoms. The van der Waals surface area contributed by atoms with Gasteiger partial charge < -0.3 is 20.7 Å². The number of benzene rings is 1. The molecule has 0 heterocycles. The zero-order chi connectivity index (χ0) is 12.3. The minimum atomic E-state index is -0.487. The molecule has 0 aliphatic heterocycles. The Morgan fingerprint density at radius 1 is 1.41 bits per heavy atom. The van der Waals surface area contributed by atoms with E-state index in [4.69, 9.17) is 15.6 Å². The van der Waals surface area contributed by atoms with Crippen LogP contribution in [0.4, 0.5) is 0 Å². The van der Waals surface area contributed by atoms with Gasteiger partial charge in [0.2, 0.25) is 0 Å². The first-order valence-electron chi connectivity index (χ1n) is 5.91. The van der Waals surface area contributed by atoms with Crippen LogP contribution in [0.3, 0.4) is 0 Å². The highest BCUT2D eigenvalue weighted by atomic mass is 16.5. The predicted octanol–water partition coefficient (Wildman–Crippen LogP) is 0.800. The monoisotopic (exact) mass is 237 g/mol. The number of aliphatic hydroxyl groups is 2. The van der Waals surface area contributed by atoms with Gasteiger partial charge in [-0.3, -0.25) is 0 Å². The van der Waals surface area contributed by atoms with Crippen LogP contribution in [-0.4, -0.2) is 28.5 Å². The van der Waals surface area contributed by atoms with Gasteiger partial charge in [0.25, 0.3) is 0 Å². The fourth-order valence-corrected chi connectivity index (χ4v) is 2.26. The van der Waals surface area contributed by atoms with Gasteiger partial charge in [-0.05, 0) is 30.5 Å². The number of rotatable bonds is 4. The van der Waals surface area contributed by atoms with Crippen molar-refractivity contribution in [2.24, 2.45) is 5.73 Å². The Morgan fingerprint density at radius 2 is 2.24 bits per heavy atom. The fraction of sp³-hybridized carbons (Fsp3) is 0.538. The molecule has 4 N–H and O–H groups in total. The molecule has 0 bridgehead atoms. The zero-order valence-electron chi connectivity index (χ0n) is 9.80. The number of nitrogens with two attached hydrogens (primary N) is 1. The highest BCUT2D eigenvalue weighted by molar-refractivity contribution is 5.28. The summed E-state index contributed by atoms with van der Waals surface area (Å²) >= 11 is 0. The van der Waals surface area contributed by atoms with Crippen LogP contribution in [-0.2, 0) is 6.61 Å². The van der Waals surface area contributed by atoms with Gasteiger partial charge in [0.1, 0.15) is 11.9 Å². The molecule has 4 nitrogen and oxygen atoms in total. The van der Waals surface area contributed by atoms with Crippen molar-refractivity contribution in [1.82, 2.24) is 0 Å². The lowest BCUT2D eigenvalue weighted by atomic mass is 10.0. The van der Waals surface area contributed by atoms with Crippen molar-refractivity contribution >= 4 is 0 Å². The molecule has 1 aliphatic rings. The summed E-state index contributed by atoms with van der Waals surface area (Å²) in [5, 5.41) is 18.2. The van der Waals surface area contributed by atoms with Crippen molar-refractivity contribution in [2.75, 3.05) is 6.61 Å². The van der Waals surface area contributed by atoms with Crippen molar-refractivity contribution in [3.63, 3.8) is 0 Å². The van der Waals surface area contributed by atoms with E-state index in [2.05, 4.69) is 0 Å². The molecule has 0 saturated heterocycles. The molecule has 0 radical (unpaired) electrons. The second-order valence-electron chi connectivity index (χ2n) is 4.81. The molecule has 1 aliphatic carbocycles. The Morgan fingerprint density at radius 3 is 2.88 bits per heavy atom. The maximum Gasteiger partial charge on any atom is 0.120 e. The minimum absolute atomic E-state index is 0.00351. The summed E-state index contributed by atoms with van der Waals surface area (Å²) in [6.45, 7) is 0.0167.